The molecule has 0 aromatic carbocycles. The number of nitrogens with zero attached hydrogens (tertiary/aromatic N) is 21. The van der Waals surface area contributed by atoms with E-state index in [0.717, 1.165) is 305 Å². The summed E-state index contributed by atoms with van der Waals surface area (Å²) >= 11 is 0. The summed E-state index contributed by atoms with van der Waals surface area (Å²) in [6.07, 6.45) is 27.9. The Bertz CT molecular complexity index is 3360. The van der Waals surface area contributed by atoms with Gasteiger partial charge in [-0.15, -0.1) is 0 Å². The molecule has 6 aliphatic heterocycles. The van der Waals surface area contributed by atoms with E-state index in [1.165, 1.54) is 0 Å². The summed E-state index contributed by atoms with van der Waals surface area (Å²) in [6, 6.07) is 1.35. The van der Waals surface area contributed by atoms with Crippen LogP contribution in [-0.2, 0) is 6.42 Å². The number of likely N-dealkylation sites (tertiary alicyclic amines) is 6. The Hall–Kier alpha value is -4.45. The average Bonchev–Trinajstić information content (AvgIpc) is 0.770. The van der Waals surface area contributed by atoms with Gasteiger partial charge in [0.05, 0.1) is 6.04 Å². The molecule has 0 spiro atoms. The maximum absolute atomic E-state index is 7.80. The Balaban J connectivity index is 1.13. The first-order valence-corrected chi connectivity index (χ1v) is 49.6. The van der Waals surface area contributed by atoms with Gasteiger partial charge in [-0.3, -0.25) is 0 Å². The zero-order valence-corrected chi connectivity index (χ0v) is 83.1. The first kappa shape index (κ1) is 99.3. The van der Waals surface area contributed by atoms with Crippen molar-refractivity contribution in [3.8, 4) is 0 Å². The van der Waals surface area contributed by atoms with Crippen LogP contribution in [0.4, 0.5) is 35.7 Å². The normalized spacial score (nSPS) is 27.9. The van der Waals surface area contributed by atoms with Crippen LogP contribution in [0.25, 0.3) is 0 Å². The molecule has 6 fully saturated rings. The number of aromatic nitrogens is 9. The third-order valence-electron chi connectivity index (χ3n) is 34.5. The van der Waals surface area contributed by atoms with E-state index < -0.39 is 0 Å². The Morgan fingerprint density at radius 2 is 0.492 bits per heavy atom. The second kappa shape index (κ2) is 43.4. The zero-order chi connectivity index (χ0) is 88.1. The fourth-order valence-electron chi connectivity index (χ4n) is 21.6. The molecule has 9 rings (SSSR count). The summed E-state index contributed by atoms with van der Waals surface area (Å²) < 4.78 is 0. The van der Waals surface area contributed by atoms with Crippen molar-refractivity contribution in [2.75, 3.05) is 150 Å². The molecule has 22 heteroatoms. The summed E-state index contributed by atoms with van der Waals surface area (Å²) in [7, 11) is 13.9. The van der Waals surface area contributed by atoms with Gasteiger partial charge in [-0.2, -0.15) is 44.9 Å². The van der Waals surface area contributed by atoms with Gasteiger partial charge in [0, 0.05) is 160 Å². The molecule has 6 aliphatic rings. The van der Waals surface area contributed by atoms with Crippen LogP contribution in [0.2, 0.25) is 0 Å². The number of unbranched alkanes of at least 4 members (excludes halogenated alkanes) is 9. The molecular formula is C98H184N22. The number of hydrogen-bond acceptors (Lipinski definition) is 22. The quantitative estimate of drug-likeness (QED) is 0.0528. The van der Waals surface area contributed by atoms with Crippen LogP contribution in [0.5, 0.6) is 0 Å². The lowest BCUT2D eigenvalue weighted by atomic mass is 9.76. The van der Waals surface area contributed by atoms with Gasteiger partial charge in [0.2, 0.25) is 35.7 Å². The number of aryl methyl sites for hydroxylation is 1. The highest BCUT2D eigenvalue weighted by molar-refractivity contribution is 5.46. The van der Waals surface area contributed by atoms with Gasteiger partial charge in [0.25, 0.3) is 0 Å². The minimum atomic E-state index is -0.382. The lowest BCUT2D eigenvalue weighted by Crippen LogP contribution is -2.61. The molecule has 14 unspecified atom stereocenters. The number of anilines is 6. The number of piperidine rings is 6. The van der Waals surface area contributed by atoms with E-state index in [4.69, 9.17) is 50.6 Å². The van der Waals surface area contributed by atoms with Gasteiger partial charge in [-0.1, -0.05) is 147 Å². The van der Waals surface area contributed by atoms with Crippen LogP contribution in [-0.4, -0.2) is 265 Å². The summed E-state index contributed by atoms with van der Waals surface area (Å²) in [4.78, 5) is 83.5. The Labute approximate surface area is 735 Å². The van der Waals surface area contributed by atoms with Crippen molar-refractivity contribution >= 4 is 35.7 Å². The molecule has 6 saturated heterocycles. The fourth-order valence-corrected chi connectivity index (χ4v) is 21.6. The molecule has 14 atom stereocenters. The van der Waals surface area contributed by atoms with Crippen LogP contribution in [0.1, 0.15) is 363 Å². The third kappa shape index (κ3) is 22.6. The smallest absolute Gasteiger partial charge is 0.230 e. The lowest BCUT2D eigenvalue weighted by Gasteiger charge is -2.52. The zero-order valence-electron chi connectivity index (χ0n) is 83.1. The van der Waals surface area contributed by atoms with Crippen molar-refractivity contribution in [3.63, 3.8) is 0 Å². The van der Waals surface area contributed by atoms with Crippen molar-refractivity contribution in [2.45, 2.75) is 421 Å². The van der Waals surface area contributed by atoms with Crippen molar-refractivity contribution in [1.29, 1.82) is 0 Å². The average molecular weight is 1670 g/mol. The van der Waals surface area contributed by atoms with E-state index in [0.29, 0.717) is 47.6 Å². The molecule has 0 aliphatic carbocycles. The van der Waals surface area contributed by atoms with Gasteiger partial charge < -0.3 is 64.5 Å². The molecule has 0 saturated carbocycles. The number of hydrogen-bond donors (Lipinski definition) is 1. The monoisotopic (exact) mass is 1670 g/mol. The van der Waals surface area contributed by atoms with Crippen molar-refractivity contribution in [1.82, 2.24) is 74.3 Å². The lowest BCUT2D eigenvalue weighted by molar-refractivity contribution is 0.0369. The minimum absolute atomic E-state index is 0.00390. The second-order valence-corrected chi connectivity index (χ2v) is 42.7. The molecular weight excluding hydrogens is 1490 g/mol. The van der Waals surface area contributed by atoms with E-state index in [2.05, 4.69) is 267 Å². The molecule has 22 nitrogen and oxygen atoms in total. The van der Waals surface area contributed by atoms with Crippen LogP contribution in [0.15, 0.2) is 0 Å². The molecule has 120 heavy (non-hydrogen) atoms. The minimum Gasteiger partial charge on any atom is -0.337 e. The molecule has 686 valence electrons. The van der Waals surface area contributed by atoms with Crippen LogP contribution in [0, 0.1) is 35.5 Å². The first-order chi connectivity index (χ1) is 56.7. The maximum Gasteiger partial charge on any atom is 0.230 e. The van der Waals surface area contributed by atoms with Crippen molar-refractivity contribution in [3.05, 3.63) is 17.5 Å². The van der Waals surface area contributed by atoms with Crippen molar-refractivity contribution < 1.29 is 0 Å². The third-order valence-corrected chi connectivity index (χ3v) is 34.5. The van der Waals surface area contributed by atoms with Crippen molar-refractivity contribution in [2.24, 2.45) is 41.2 Å². The molecule has 0 bridgehead atoms. The standard InChI is InChI=1S/C98H184N22/c1-31-37-58-115(78-52-64-109(25)93(13,14)70(78)7)87-100-84(101-88(106-87)116(59-38-32-2)79-53-65-110(26)94(15,16)71(79)8)51-45-43-44-48-76(85-102-89(117(60-39-33-3)80-54-66-111(27)95(17,18)72(80)9)107-90(103-85)118(61-40-34-4)81-55-67-112(28)96(19,20)73(81)10)49-46-47-50-77(99)86-104-91(119(62-41-35-5)82-56-68-113(29)97(21,22)74(82)11)108-92(105-86)120(63-42-36-6)83-57-69-114(30)98(23,24)75(83)12/h70-83H,31-69,99H2,1-30H3. The van der Waals surface area contributed by atoms with Gasteiger partial charge in [-0.25, -0.2) is 0 Å². The molecule has 3 aromatic heterocycles. The molecule has 3 aromatic rings. The first-order valence-electron chi connectivity index (χ1n) is 49.6. The van der Waals surface area contributed by atoms with E-state index >= 15 is 0 Å². The highest BCUT2D eigenvalue weighted by Crippen LogP contribution is 2.45. The predicted octanol–water partition coefficient (Wildman–Crippen LogP) is 18.7. The van der Waals surface area contributed by atoms with E-state index in [-0.39, 0.29) is 69.4 Å². The van der Waals surface area contributed by atoms with Gasteiger partial charge in [-0.05, 0) is 264 Å². The summed E-state index contributed by atoms with van der Waals surface area (Å²) in [5.74, 6) is 10.2. The summed E-state index contributed by atoms with van der Waals surface area (Å²) in [5.41, 5.74) is 7.85. The van der Waals surface area contributed by atoms with E-state index in [9.17, 15) is 0 Å². The van der Waals surface area contributed by atoms with E-state index in [1.807, 2.05) is 0 Å². The molecule has 0 radical (unpaired) electrons. The van der Waals surface area contributed by atoms with Crippen LogP contribution < -0.4 is 35.1 Å². The molecule has 0 amide bonds. The van der Waals surface area contributed by atoms with Gasteiger partial charge in [0.1, 0.15) is 11.6 Å². The Morgan fingerprint density at radius 3 is 0.725 bits per heavy atom. The highest BCUT2D eigenvalue weighted by Gasteiger charge is 2.50. The van der Waals surface area contributed by atoms with Crippen LogP contribution >= 0.6 is 0 Å². The molecule has 2 N–H and O–H groups in total. The van der Waals surface area contributed by atoms with Gasteiger partial charge in [0.15, 0.2) is 5.82 Å². The maximum atomic E-state index is 7.80. The highest BCUT2D eigenvalue weighted by atomic mass is 15.4. The summed E-state index contributed by atoms with van der Waals surface area (Å²) in [5, 5.41) is 0. The fraction of sp³-hybridized carbons (Fsp3) is 0.908. The number of rotatable bonds is 43. The second-order valence-electron chi connectivity index (χ2n) is 42.7. The van der Waals surface area contributed by atoms with E-state index in [1.54, 1.807) is 0 Å². The Kier molecular flexibility index (Phi) is 35.9. The predicted molar refractivity (Wildman–Crippen MR) is 509 cm³/mol. The SMILES string of the molecule is CCCCN(c1nc(CCCCCC(CCCCC(N)c2nc(N(CCCC)C3CCN(C)C(C)(C)C3C)nc(N(CCCC)C3CCN(C)C(C)(C)C3C)n2)c2nc(N(CCCC)C3CCN(C)C(C)(C)C3C)nc(N(CCCC)C3CCN(C)C(C)(C)C3C)n2)nc(N(CCCC)C2CCN(C)C(C)(C)C2C)n1)C1CCN(C)C(C)(C)C1C. The van der Waals surface area contributed by atoms with Crippen LogP contribution in [0.3, 0.4) is 0 Å². The largest absolute Gasteiger partial charge is 0.337 e. The number of nitrogens with two attached hydrogens (primary N) is 1. The topological polar surface area (TPSA) is 181 Å². The Morgan fingerprint density at radius 1 is 0.283 bits per heavy atom. The summed E-state index contributed by atoms with van der Waals surface area (Å²) in [6.45, 7) is 70.0. The molecule has 9 heterocycles. The van der Waals surface area contributed by atoms with Gasteiger partial charge >= 0.3 is 0 Å².